The number of amides is 1. The lowest BCUT2D eigenvalue weighted by Crippen LogP contribution is -2.28. The van der Waals surface area contributed by atoms with Gasteiger partial charge in [-0.3, -0.25) is 4.79 Å². The number of benzene rings is 3. The highest BCUT2D eigenvalue weighted by Crippen LogP contribution is 2.34. The molecule has 0 saturated carbocycles. The van der Waals surface area contributed by atoms with E-state index in [0.717, 1.165) is 11.1 Å². The number of nitrogens with one attached hydrogen (secondary N) is 2. The standard InChI is InChI=1S/C25H22ClFN2O3S/c1-14-10-15(2)12-18(11-14)33(31,32)24-20-13-17(26)8-9-22(20)29-23(24)25(30)28-16(3)19-6-4-5-7-21(19)27/h4-13,16,29H,1-3H3,(H,28,30)/t16-/m1/s1. The minimum Gasteiger partial charge on any atom is -0.349 e. The maximum absolute atomic E-state index is 14.2. The van der Waals surface area contributed by atoms with Gasteiger partial charge in [-0.2, -0.15) is 0 Å². The van der Waals surface area contributed by atoms with Gasteiger partial charge in [-0.1, -0.05) is 35.9 Å². The SMILES string of the molecule is Cc1cc(C)cc(S(=O)(=O)c2c(C(=O)N[C@H](C)c3ccccc3F)[nH]c3ccc(Cl)cc23)c1. The zero-order chi connectivity index (χ0) is 23.9. The Bertz CT molecular complexity index is 1470. The molecule has 0 fully saturated rings. The molecule has 0 aliphatic carbocycles. The summed E-state index contributed by atoms with van der Waals surface area (Å²) in [5, 5.41) is 3.36. The molecule has 4 rings (SSSR count). The van der Waals surface area contributed by atoms with E-state index in [9.17, 15) is 17.6 Å². The Labute approximate surface area is 196 Å². The number of H-pyrrole nitrogens is 1. The fourth-order valence-corrected chi connectivity index (χ4v) is 5.92. The van der Waals surface area contributed by atoms with E-state index in [2.05, 4.69) is 10.3 Å². The van der Waals surface area contributed by atoms with Crippen LogP contribution in [0.2, 0.25) is 5.02 Å². The van der Waals surface area contributed by atoms with Crippen molar-refractivity contribution in [1.29, 1.82) is 0 Å². The lowest BCUT2D eigenvalue weighted by atomic mass is 10.1. The predicted molar refractivity (Wildman–Crippen MR) is 127 cm³/mol. The van der Waals surface area contributed by atoms with E-state index in [1.807, 2.05) is 19.9 Å². The van der Waals surface area contributed by atoms with Crippen LogP contribution in [0.1, 0.15) is 40.1 Å². The molecule has 4 aromatic rings. The van der Waals surface area contributed by atoms with E-state index < -0.39 is 27.6 Å². The Balaban J connectivity index is 1.87. The Kier molecular flexibility index (Phi) is 6.03. The number of carbonyl (C=O) groups is 1. The summed E-state index contributed by atoms with van der Waals surface area (Å²) in [6.45, 7) is 5.25. The van der Waals surface area contributed by atoms with Crippen molar-refractivity contribution < 1.29 is 17.6 Å². The smallest absolute Gasteiger partial charge is 0.269 e. The zero-order valence-corrected chi connectivity index (χ0v) is 19.8. The second kappa shape index (κ2) is 8.65. The number of hydrogen-bond donors (Lipinski definition) is 2. The lowest BCUT2D eigenvalue weighted by Gasteiger charge is -2.15. The van der Waals surface area contributed by atoms with Crippen LogP contribution in [0.25, 0.3) is 10.9 Å². The molecule has 3 aromatic carbocycles. The first-order chi connectivity index (χ1) is 15.6. The van der Waals surface area contributed by atoms with Crippen molar-refractivity contribution in [3.05, 3.63) is 93.9 Å². The molecule has 0 unspecified atom stereocenters. The van der Waals surface area contributed by atoms with Crippen molar-refractivity contribution in [2.45, 2.75) is 36.6 Å². The second-order valence-corrected chi connectivity index (χ2v) is 10.4. The fraction of sp³-hybridized carbons (Fsp3) is 0.160. The first-order valence-electron chi connectivity index (χ1n) is 10.3. The summed E-state index contributed by atoms with van der Waals surface area (Å²) in [5.41, 5.74) is 2.18. The van der Waals surface area contributed by atoms with Crippen LogP contribution in [0.15, 0.2) is 70.5 Å². The number of rotatable bonds is 5. The van der Waals surface area contributed by atoms with Gasteiger partial charge in [-0.15, -0.1) is 0 Å². The van der Waals surface area contributed by atoms with Crippen molar-refractivity contribution >= 4 is 38.2 Å². The zero-order valence-electron chi connectivity index (χ0n) is 18.2. The van der Waals surface area contributed by atoms with Crippen LogP contribution < -0.4 is 5.32 Å². The second-order valence-electron chi connectivity index (χ2n) is 8.06. The lowest BCUT2D eigenvalue weighted by molar-refractivity contribution is 0.0932. The Hall–Kier alpha value is -3.16. The molecule has 0 radical (unpaired) electrons. The predicted octanol–water partition coefficient (Wildman–Crippen LogP) is 5.90. The molecule has 0 aliphatic heterocycles. The van der Waals surface area contributed by atoms with Gasteiger partial charge in [-0.25, -0.2) is 12.8 Å². The molecule has 170 valence electrons. The summed E-state index contributed by atoms with van der Waals surface area (Å²) in [4.78, 5) is 16.1. The van der Waals surface area contributed by atoms with Gasteiger partial charge in [0.25, 0.3) is 5.91 Å². The van der Waals surface area contributed by atoms with Crippen molar-refractivity contribution in [2.24, 2.45) is 0 Å². The molecular formula is C25H22ClFN2O3S. The normalized spacial score (nSPS) is 12.6. The van der Waals surface area contributed by atoms with Gasteiger partial charge in [-0.05, 0) is 68.3 Å². The maximum Gasteiger partial charge on any atom is 0.269 e. The minimum absolute atomic E-state index is 0.0806. The minimum atomic E-state index is -4.09. The first-order valence-corrected chi connectivity index (χ1v) is 12.1. The third-order valence-corrected chi connectivity index (χ3v) is 7.49. The molecule has 0 bridgehead atoms. The molecule has 33 heavy (non-hydrogen) atoms. The quantitative estimate of drug-likeness (QED) is 0.370. The number of aryl methyl sites for hydroxylation is 2. The number of hydrogen-bond acceptors (Lipinski definition) is 3. The van der Waals surface area contributed by atoms with Gasteiger partial charge in [0.05, 0.1) is 10.9 Å². The highest BCUT2D eigenvalue weighted by atomic mass is 35.5. The largest absolute Gasteiger partial charge is 0.349 e. The molecule has 5 nitrogen and oxygen atoms in total. The van der Waals surface area contributed by atoms with Crippen molar-refractivity contribution in [3.8, 4) is 0 Å². The molecule has 2 N–H and O–H groups in total. The van der Waals surface area contributed by atoms with Crippen molar-refractivity contribution in [2.75, 3.05) is 0 Å². The number of carbonyl (C=O) groups excluding carboxylic acids is 1. The molecular weight excluding hydrogens is 463 g/mol. The topological polar surface area (TPSA) is 79.0 Å². The Morgan fingerprint density at radius 1 is 1.03 bits per heavy atom. The highest BCUT2D eigenvalue weighted by molar-refractivity contribution is 7.91. The molecule has 1 atom stereocenters. The summed E-state index contributed by atoms with van der Waals surface area (Å²) < 4.78 is 41.7. The molecule has 1 aromatic heterocycles. The van der Waals surface area contributed by atoms with E-state index in [-0.39, 0.29) is 15.5 Å². The van der Waals surface area contributed by atoms with E-state index in [0.29, 0.717) is 21.5 Å². The molecule has 0 aliphatic rings. The van der Waals surface area contributed by atoms with Gasteiger partial charge >= 0.3 is 0 Å². The van der Waals surface area contributed by atoms with Crippen LogP contribution in [0.3, 0.4) is 0 Å². The van der Waals surface area contributed by atoms with Crippen LogP contribution in [0.5, 0.6) is 0 Å². The number of halogens is 2. The summed E-state index contributed by atoms with van der Waals surface area (Å²) in [5.74, 6) is -1.13. The number of aromatic amines is 1. The number of fused-ring (bicyclic) bond motifs is 1. The van der Waals surface area contributed by atoms with Gasteiger partial charge in [0.15, 0.2) is 0 Å². The molecule has 1 amide bonds. The van der Waals surface area contributed by atoms with Gasteiger partial charge in [0.2, 0.25) is 9.84 Å². The van der Waals surface area contributed by atoms with Crippen molar-refractivity contribution in [1.82, 2.24) is 10.3 Å². The Morgan fingerprint density at radius 3 is 2.36 bits per heavy atom. The number of sulfone groups is 1. The van der Waals surface area contributed by atoms with E-state index in [4.69, 9.17) is 11.6 Å². The maximum atomic E-state index is 14.2. The molecule has 1 heterocycles. The molecule has 8 heteroatoms. The summed E-state index contributed by atoms with van der Waals surface area (Å²) in [6, 6.07) is 15.2. The summed E-state index contributed by atoms with van der Waals surface area (Å²) >= 11 is 6.16. The molecule has 0 saturated heterocycles. The third kappa shape index (κ3) is 4.38. The number of aromatic nitrogens is 1. The highest BCUT2D eigenvalue weighted by Gasteiger charge is 2.31. The molecule has 0 spiro atoms. The van der Waals surface area contributed by atoms with Gasteiger partial charge < -0.3 is 10.3 Å². The van der Waals surface area contributed by atoms with E-state index in [1.165, 1.54) is 12.1 Å². The summed E-state index contributed by atoms with van der Waals surface area (Å²) in [6.07, 6.45) is 0. The van der Waals surface area contributed by atoms with Crippen LogP contribution >= 0.6 is 11.6 Å². The third-order valence-electron chi connectivity index (χ3n) is 5.43. The summed E-state index contributed by atoms with van der Waals surface area (Å²) in [7, 11) is -4.09. The average molecular weight is 485 g/mol. The van der Waals surface area contributed by atoms with E-state index >= 15 is 0 Å². The van der Waals surface area contributed by atoms with Crippen molar-refractivity contribution in [3.63, 3.8) is 0 Å². The van der Waals surface area contributed by atoms with Crippen LogP contribution in [-0.2, 0) is 9.84 Å². The Morgan fingerprint density at radius 2 is 1.70 bits per heavy atom. The average Bonchev–Trinajstić information content (AvgIpc) is 3.13. The van der Waals surface area contributed by atoms with Crippen LogP contribution in [0, 0.1) is 19.7 Å². The monoisotopic (exact) mass is 484 g/mol. The van der Waals surface area contributed by atoms with Gasteiger partial charge in [0.1, 0.15) is 16.4 Å². The van der Waals surface area contributed by atoms with E-state index in [1.54, 1.807) is 49.4 Å². The van der Waals surface area contributed by atoms with Crippen LogP contribution in [-0.4, -0.2) is 19.3 Å². The van der Waals surface area contributed by atoms with Crippen LogP contribution in [0.4, 0.5) is 4.39 Å². The fourth-order valence-electron chi connectivity index (χ4n) is 3.96. The van der Waals surface area contributed by atoms with Gasteiger partial charge in [0, 0.05) is 21.5 Å². The first kappa shape index (κ1) is 23.0.